The highest BCUT2D eigenvalue weighted by Gasteiger charge is 2.24. The number of carbonyl (C=O) groups is 1. The second-order valence-electron chi connectivity index (χ2n) is 6.96. The summed E-state index contributed by atoms with van der Waals surface area (Å²) in [5.41, 5.74) is 0.744. The number of likely N-dealkylation sites (N-methyl/N-ethyl adjacent to an activating group) is 1. The molecule has 4 rings (SSSR count). The van der Waals surface area contributed by atoms with E-state index < -0.39 is 0 Å². The van der Waals surface area contributed by atoms with Crippen LogP contribution in [0.25, 0.3) is 10.8 Å². The number of hydrogen-bond acceptors (Lipinski definition) is 4. The number of benzene rings is 1. The van der Waals surface area contributed by atoms with Gasteiger partial charge in [0.2, 0.25) is 0 Å². The van der Waals surface area contributed by atoms with E-state index in [0.29, 0.717) is 0 Å². The molecule has 0 radical (unpaired) electrons. The molecule has 2 saturated heterocycles. The predicted molar refractivity (Wildman–Crippen MR) is 101 cm³/mol. The number of aromatic nitrogens is 1. The molecule has 0 saturated carbocycles. The predicted octanol–water partition coefficient (Wildman–Crippen LogP) is 2.61. The Morgan fingerprint density at radius 1 is 1.00 bits per heavy atom. The Kier molecular flexibility index (Phi) is 4.57. The van der Waals surface area contributed by atoms with Crippen LogP contribution >= 0.6 is 0 Å². The third kappa shape index (κ3) is 3.09. The third-order valence-electron chi connectivity index (χ3n) is 5.52. The smallest absolute Gasteiger partial charge is 0.256 e. The van der Waals surface area contributed by atoms with Crippen LogP contribution in [-0.2, 0) is 0 Å². The van der Waals surface area contributed by atoms with E-state index in [4.69, 9.17) is 4.98 Å². The second-order valence-corrected chi connectivity index (χ2v) is 6.96. The molecule has 2 fully saturated rings. The summed E-state index contributed by atoms with van der Waals surface area (Å²) < 4.78 is 0. The van der Waals surface area contributed by atoms with Crippen molar-refractivity contribution in [2.24, 2.45) is 0 Å². The lowest BCUT2D eigenvalue weighted by atomic mass is 10.1. The van der Waals surface area contributed by atoms with Crippen molar-refractivity contribution in [3.8, 4) is 0 Å². The Morgan fingerprint density at radius 3 is 2.36 bits per heavy atom. The van der Waals surface area contributed by atoms with Gasteiger partial charge in [-0.3, -0.25) is 4.79 Å². The molecule has 0 aliphatic carbocycles. The van der Waals surface area contributed by atoms with E-state index >= 15 is 0 Å². The van der Waals surface area contributed by atoms with Crippen LogP contribution in [0.5, 0.6) is 0 Å². The summed E-state index contributed by atoms with van der Waals surface area (Å²) in [6.07, 6.45) is 4.01. The van der Waals surface area contributed by atoms with Crippen molar-refractivity contribution in [3.63, 3.8) is 0 Å². The van der Waals surface area contributed by atoms with E-state index in [-0.39, 0.29) is 5.91 Å². The Morgan fingerprint density at radius 2 is 1.68 bits per heavy atom. The maximum Gasteiger partial charge on any atom is 0.256 e. The highest BCUT2D eigenvalue weighted by molar-refractivity contribution is 6.09. The van der Waals surface area contributed by atoms with Gasteiger partial charge in [0.25, 0.3) is 5.91 Å². The highest BCUT2D eigenvalue weighted by Crippen LogP contribution is 2.29. The molecule has 1 aromatic carbocycles. The first-order valence-electron chi connectivity index (χ1n) is 9.42. The standard InChI is InChI=1S/C20H26N4O/c1-2-22-11-13-23(14-12-22)19-17-8-4-3-7-16(17)18(15-21-19)20(25)24-9-5-6-10-24/h3-4,7-8,15H,2,5-6,9-14H2,1H3. The maximum absolute atomic E-state index is 12.9. The summed E-state index contributed by atoms with van der Waals surface area (Å²) in [6, 6.07) is 8.22. The molecule has 5 nitrogen and oxygen atoms in total. The van der Waals surface area contributed by atoms with Gasteiger partial charge in [0.05, 0.1) is 5.56 Å². The van der Waals surface area contributed by atoms with Gasteiger partial charge in [-0.15, -0.1) is 0 Å². The highest BCUT2D eigenvalue weighted by atomic mass is 16.2. The lowest BCUT2D eigenvalue weighted by Gasteiger charge is -2.35. The van der Waals surface area contributed by atoms with Gasteiger partial charge >= 0.3 is 0 Å². The van der Waals surface area contributed by atoms with Crippen molar-refractivity contribution < 1.29 is 4.79 Å². The lowest BCUT2D eigenvalue weighted by molar-refractivity contribution is 0.0794. The van der Waals surface area contributed by atoms with Gasteiger partial charge in [-0.25, -0.2) is 4.98 Å². The minimum atomic E-state index is 0.128. The first-order chi connectivity index (χ1) is 12.3. The first-order valence-corrected chi connectivity index (χ1v) is 9.42. The molecule has 2 aliphatic heterocycles. The summed E-state index contributed by atoms with van der Waals surface area (Å²) in [5.74, 6) is 1.15. The molecule has 0 bridgehead atoms. The van der Waals surface area contributed by atoms with Crippen molar-refractivity contribution in [3.05, 3.63) is 36.0 Å². The molecule has 1 aromatic heterocycles. The zero-order valence-corrected chi connectivity index (χ0v) is 14.9. The summed E-state index contributed by atoms with van der Waals surface area (Å²) in [7, 11) is 0. The van der Waals surface area contributed by atoms with Gasteiger partial charge < -0.3 is 14.7 Å². The fourth-order valence-corrected chi connectivity index (χ4v) is 3.97. The summed E-state index contributed by atoms with van der Waals surface area (Å²) in [5, 5.41) is 2.12. The monoisotopic (exact) mass is 338 g/mol. The Hall–Kier alpha value is -2.14. The molecule has 2 aliphatic rings. The molecule has 0 N–H and O–H groups in total. The Labute approximate surface area is 149 Å². The van der Waals surface area contributed by atoms with Crippen LogP contribution in [-0.4, -0.2) is 66.5 Å². The number of likely N-dealkylation sites (tertiary alicyclic amines) is 1. The van der Waals surface area contributed by atoms with Crippen molar-refractivity contribution in [2.45, 2.75) is 19.8 Å². The van der Waals surface area contributed by atoms with Crippen molar-refractivity contribution in [1.29, 1.82) is 0 Å². The number of carbonyl (C=O) groups excluding carboxylic acids is 1. The lowest BCUT2D eigenvalue weighted by Crippen LogP contribution is -2.46. The number of anilines is 1. The molecule has 25 heavy (non-hydrogen) atoms. The molecule has 0 spiro atoms. The fraction of sp³-hybridized carbons (Fsp3) is 0.500. The minimum absolute atomic E-state index is 0.128. The molecule has 1 amide bonds. The van der Waals surface area contributed by atoms with Crippen LogP contribution in [0.3, 0.4) is 0 Å². The van der Waals surface area contributed by atoms with Crippen LogP contribution in [0.4, 0.5) is 5.82 Å². The molecule has 2 aromatic rings. The van der Waals surface area contributed by atoms with Crippen molar-refractivity contribution >= 4 is 22.5 Å². The van der Waals surface area contributed by atoms with E-state index in [1.165, 1.54) is 0 Å². The molecule has 5 heteroatoms. The Balaban J connectivity index is 1.68. The van der Waals surface area contributed by atoms with E-state index in [2.05, 4.69) is 28.9 Å². The number of pyridine rings is 1. The molecular weight excluding hydrogens is 312 g/mol. The zero-order chi connectivity index (χ0) is 17.2. The molecule has 132 valence electrons. The molecular formula is C20H26N4O. The molecule has 3 heterocycles. The minimum Gasteiger partial charge on any atom is -0.354 e. The number of rotatable bonds is 3. The van der Waals surface area contributed by atoms with Gasteiger partial charge in [-0.1, -0.05) is 31.2 Å². The van der Waals surface area contributed by atoms with Crippen molar-refractivity contribution in [2.75, 3.05) is 50.7 Å². The second kappa shape index (κ2) is 7.00. The van der Waals surface area contributed by atoms with Crippen LogP contribution in [0.2, 0.25) is 0 Å². The number of hydrogen-bond donors (Lipinski definition) is 0. The normalized spacial score (nSPS) is 18.9. The van der Waals surface area contributed by atoms with Crippen molar-refractivity contribution in [1.82, 2.24) is 14.8 Å². The number of nitrogens with zero attached hydrogens (tertiary/aromatic N) is 4. The maximum atomic E-state index is 12.9. The van der Waals surface area contributed by atoms with Crippen LogP contribution in [0.15, 0.2) is 30.5 Å². The van der Waals surface area contributed by atoms with Gasteiger partial charge in [-0.05, 0) is 24.8 Å². The molecule has 0 atom stereocenters. The summed E-state index contributed by atoms with van der Waals surface area (Å²) in [4.78, 5) is 24.4. The van der Waals surface area contributed by atoms with E-state index in [0.717, 1.165) is 80.8 Å². The van der Waals surface area contributed by atoms with Gasteiger partial charge in [-0.2, -0.15) is 0 Å². The average molecular weight is 338 g/mol. The summed E-state index contributed by atoms with van der Waals surface area (Å²) >= 11 is 0. The van der Waals surface area contributed by atoms with Gasteiger partial charge in [0.15, 0.2) is 0 Å². The van der Waals surface area contributed by atoms with E-state index in [1.807, 2.05) is 17.0 Å². The number of piperazine rings is 1. The summed E-state index contributed by atoms with van der Waals surface area (Å²) in [6.45, 7) is 9.17. The van der Waals surface area contributed by atoms with Crippen LogP contribution in [0, 0.1) is 0 Å². The first kappa shape index (κ1) is 16.3. The molecule has 0 unspecified atom stereocenters. The quantitative estimate of drug-likeness (QED) is 0.862. The number of fused-ring (bicyclic) bond motifs is 1. The van der Waals surface area contributed by atoms with E-state index in [1.54, 1.807) is 6.20 Å². The Bertz CT molecular complexity index is 761. The third-order valence-corrected chi connectivity index (χ3v) is 5.52. The largest absolute Gasteiger partial charge is 0.354 e. The van der Waals surface area contributed by atoms with Crippen LogP contribution < -0.4 is 4.90 Å². The van der Waals surface area contributed by atoms with E-state index in [9.17, 15) is 4.79 Å². The average Bonchev–Trinajstić information content (AvgIpc) is 3.21. The fourth-order valence-electron chi connectivity index (χ4n) is 3.97. The zero-order valence-electron chi connectivity index (χ0n) is 14.9. The topological polar surface area (TPSA) is 39.7 Å². The SMILES string of the molecule is CCN1CCN(c2ncc(C(=O)N3CCCC3)c3ccccc23)CC1. The number of amides is 1. The van der Waals surface area contributed by atoms with Crippen LogP contribution in [0.1, 0.15) is 30.1 Å². The van der Waals surface area contributed by atoms with Gasteiger partial charge in [0, 0.05) is 50.9 Å². The van der Waals surface area contributed by atoms with Gasteiger partial charge in [0.1, 0.15) is 5.82 Å².